The highest BCUT2D eigenvalue weighted by Crippen LogP contribution is 2.28. The topological polar surface area (TPSA) is 75.2 Å². The van der Waals surface area contributed by atoms with Crippen LogP contribution in [0.5, 0.6) is 0 Å². The lowest BCUT2D eigenvalue weighted by Gasteiger charge is -2.19. The van der Waals surface area contributed by atoms with Crippen molar-refractivity contribution in [1.29, 1.82) is 5.41 Å². The van der Waals surface area contributed by atoms with Crippen LogP contribution in [0, 0.1) is 11.3 Å². The van der Waals surface area contributed by atoms with E-state index in [2.05, 4.69) is 9.88 Å². The summed E-state index contributed by atoms with van der Waals surface area (Å²) in [6.07, 6.45) is 4.32. The first-order chi connectivity index (χ1) is 8.66. The lowest BCUT2D eigenvalue weighted by atomic mass is 10.3. The molecule has 1 aromatic rings. The highest BCUT2D eigenvalue weighted by molar-refractivity contribution is 5.93. The van der Waals surface area contributed by atoms with Crippen LogP contribution in [0.3, 0.4) is 0 Å². The van der Waals surface area contributed by atoms with Crippen LogP contribution >= 0.6 is 0 Å². The Morgan fingerprint density at radius 3 is 3.06 bits per heavy atom. The first-order valence-corrected chi connectivity index (χ1v) is 6.26. The molecule has 2 rings (SSSR count). The summed E-state index contributed by atoms with van der Waals surface area (Å²) >= 11 is 0. The number of pyridine rings is 1. The predicted octanol–water partition coefficient (Wildman–Crippen LogP) is 1.23. The van der Waals surface area contributed by atoms with Gasteiger partial charge in [-0.25, -0.2) is 0 Å². The molecule has 0 radical (unpaired) electrons. The lowest BCUT2D eigenvalue weighted by Crippen LogP contribution is -2.23. The lowest BCUT2D eigenvalue weighted by molar-refractivity contribution is 0.131. The van der Waals surface area contributed by atoms with E-state index in [1.54, 1.807) is 6.20 Å². The van der Waals surface area contributed by atoms with Crippen LogP contribution in [0.15, 0.2) is 18.3 Å². The molecular formula is C13H20N4O. The molecule has 0 aromatic carbocycles. The van der Waals surface area contributed by atoms with E-state index < -0.39 is 0 Å². The van der Waals surface area contributed by atoms with Gasteiger partial charge < -0.3 is 15.4 Å². The zero-order chi connectivity index (χ0) is 13.0. The molecule has 1 aromatic heterocycles. The second-order valence-electron chi connectivity index (χ2n) is 4.75. The van der Waals surface area contributed by atoms with Crippen molar-refractivity contribution in [1.82, 2.24) is 4.98 Å². The number of nitrogens with one attached hydrogen (secondary N) is 1. The van der Waals surface area contributed by atoms with Gasteiger partial charge in [0.2, 0.25) is 0 Å². The van der Waals surface area contributed by atoms with Gasteiger partial charge in [0.05, 0.1) is 6.61 Å². The summed E-state index contributed by atoms with van der Waals surface area (Å²) in [7, 11) is 2.00. The molecule has 1 fully saturated rings. The van der Waals surface area contributed by atoms with E-state index in [1.807, 2.05) is 19.2 Å². The molecule has 0 aliphatic heterocycles. The first kappa shape index (κ1) is 12.8. The molecule has 5 heteroatoms. The van der Waals surface area contributed by atoms with Crippen LogP contribution in [0.2, 0.25) is 0 Å². The van der Waals surface area contributed by atoms with Gasteiger partial charge in [0.25, 0.3) is 0 Å². The van der Waals surface area contributed by atoms with Crippen molar-refractivity contribution >= 4 is 11.5 Å². The highest BCUT2D eigenvalue weighted by Gasteiger charge is 2.20. The fraction of sp³-hybridized carbons (Fsp3) is 0.538. The molecular weight excluding hydrogens is 228 g/mol. The molecule has 0 unspecified atom stereocenters. The van der Waals surface area contributed by atoms with Crippen LogP contribution in [0.25, 0.3) is 0 Å². The van der Waals surface area contributed by atoms with Gasteiger partial charge in [-0.3, -0.25) is 10.4 Å². The van der Waals surface area contributed by atoms with Crippen molar-refractivity contribution in [3.63, 3.8) is 0 Å². The van der Waals surface area contributed by atoms with E-state index in [1.165, 1.54) is 12.8 Å². The SMILES string of the molecule is CN(CCOCC1CC1)c1ccnc(C(=N)N)c1. The Balaban J connectivity index is 1.81. The maximum absolute atomic E-state index is 7.37. The number of nitrogens with two attached hydrogens (primary N) is 1. The van der Waals surface area contributed by atoms with Gasteiger partial charge in [-0.2, -0.15) is 0 Å². The Bertz CT molecular complexity index is 417. The minimum absolute atomic E-state index is 0.00441. The number of aromatic nitrogens is 1. The van der Waals surface area contributed by atoms with E-state index in [0.29, 0.717) is 5.69 Å². The molecule has 0 bridgehead atoms. The Morgan fingerprint density at radius 1 is 1.61 bits per heavy atom. The second kappa shape index (κ2) is 5.82. The quantitative estimate of drug-likeness (QED) is 0.432. The van der Waals surface area contributed by atoms with Crippen molar-refractivity contribution in [2.24, 2.45) is 11.7 Å². The van der Waals surface area contributed by atoms with Crippen LogP contribution in [-0.4, -0.2) is 37.6 Å². The largest absolute Gasteiger partial charge is 0.382 e. The summed E-state index contributed by atoms with van der Waals surface area (Å²) in [5.41, 5.74) is 6.94. The number of hydrogen-bond donors (Lipinski definition) is 2. The summed E-state index contributed by atoms with van der Waals surface area (Å²) in [5.74, 6) is 0.802. The summed E-state index contributed by atoms with van der Waals surface area (Å²) in [4.78, 5) is 6.13. The van der Waals surface area contributed by atoms with E-state index in [4.69, 9.17) is 15.9 Å². The molecule has 0 saturated heterocycles. The molecule has 1 heterocycles. The number of anilines is 1. The van der Waals surface area contributed by atoms with Gasteiger partial charge >= 0.3 is 0 Å². The molecule has 1 saturated carbocycles. The number of nitrogens with zero attached hydrogens (tertiary/aromatic N) is 2. The van der Waals surface area contributed by atoms with E-state index in [0.717, 1.165) is 31.4 Å². The monoisotopic (exact) mass is 248 g/mol. The standard InChI is InChI=1S/C13H20N4O/c1-17(6-7-18-9-10-2-3-10)11-4-5-16-12(8-11)13(14)15/h4-5,8,10H,2-3,6-7,9H2,1H3,(H3,14,15). The normalized spacial score (nSPS) is 14.5. The fourth-order valence-electron chi connectivity index (χ4n) is 1.67. The molecule has 3 N–H and O–H groups in total. The van der Waals surface area contributed by atoms with Gasteiger partial charge in [0.1, 0.15) is 11.5 Å². The van der Waals surface area contributed by atoms with Crippen LogP contribution < -0.4 is 10.6 Å². The summed E-state index contributed by atoms with van der Waals surface area (Å²) in [6.45, 7) is 2.45. The highest BCUT2D eigenvalue weighted by atomic mass is 16.5. The molecule has 1 aliphatic carbocycles. The zero-order valence-corrected chi connectivity index (χ0v) is 10.7. The van der Waals surface area contributed by atoms with Crippen LogP contribution in [0.4, 0.5) is 5.69 Å². The van der Waals surface area contributed by atoms with Gasteiger partial charge in [-0.15, -0.1) is 0 Å². The zero-order valence-electron chi connectivity index (χ0n) is 10.7. The molecule has 98 valence electrons. The number of amidine groups is 1. The van der Waals surface area contributed by atoms with Gasteiger partial charge in [0, 0.05) is 32.1 Å². The molecule has 0 atom stereocenters. The predicted molar refractivity (Wildman–Crippen MR) is 72.1 cm³/mol. The number of likely N-dealkylation sites (N-methyl/N-ethyl adjacent to an activating group) is 1. The van der Waals surface area contributed by atoms with Crippen molar-refractivity contribution in [2.45, 2.75) is 12.8 Å². The van der Waals surface area contributed by atoms with E-state index in [9.17, 15) is 0 Å². The van der Waals surface area contributed by atoms with Crippen molar-refractivity contribution in [3.8, 4) is 0 Å². The molecule has 0 amide bonds. The second-order valence-corrected chi connectivity index (χ2v) is 4.75. The maximum Gasteiger partial charge on any atom is 0.141 e. The molecule has 1 aliphatic rings. The molecule has 0 spiro atoms. The Hall–Kier alpha value is -1.62. The van der Waals surface area contributed by atoms with Gasteiger partial charge in [-0.1, -0.05) is 0 Å². The number of ether oxygens (including phenoxy) is 1. The maximum atomic E-state index is 7.37. The number of nitrogen functional groups attached to an aromatic ring is 1. The van der Waals surface area contributed by atoms with Crippen LogP contribution in [0.1, 0.15) is 18.5 Å². The number of hydrogen-bond acceptors (Lipinski definition) is 4. The minimum atomic E-state index is -0.00441. The summed E-state index contributed by atoms with van der Waals surface area (Å²) in [6, 6.07) is 3.73. The summed E-state index contributed by atoms with van der Waals surface area (Å²) < 4.78 is 5.60. The Labute approximate surface area is 107 Å². The Kier molecular flexibility index (Phi) is 4.15. The molecule has 5 nitrogen and oxygen atoms in total. The fourth-order valence-corrected chi connectivity index (χ4v) is 1.67. The third-order valence-electron chi connectivity index (χ3n) is 3.08. The van der Waals surface area contributed by atoms with E-state index >= 15 is 0 Å². The van der Waals surface area contributed by atoms with Crippen molar-refractivity contribution in [2.75, 3.05) is 31.7 Å². The Morgan fingerprint density at radius 2 is 2.39 bits per heavy atom. The van der Waals surface area contributed by atoms with Gasteiger partial charge in [-0.05, 0) is 30.9 Å². The molecule has 18 heavy (non-hydrogen) atoms. The minimum Gasteiger partial charge on any atom is -0.382 e. The third kappa shape index (κ3) is 3.70. The average Bonchev–Trinajstić information content (AvgIpc) is 3.18. The smallest absolute Gasteiger partial charge is 0.141 e. The summed E-state index contributed by atoms with van der Waals surface area (Å²) in [5, 5.41) is 7.37. The van der Waals surface area contributed by atoms with Crippen molar-refractivity contribution in [3.05, 3.63) is 24.0 Å². The first-order valence-electron chi connectivity index (χ1n) is 6.26. The number of rotatable bonds is 7. The van der Waals surface area contributed by atoms with Crippen molar-refractivity contribution < 1.29 is 4.74 Å². The van der Waals surface area contributed by atoms with Gasteiger partial charge in [0.15, 0.2) is 0 Å². The third-order valence-corrected chi connectivity index (χ3v) is 3.08. The average molecular weight is 248 g/mol. The van der Waals surface area contributed by atoms with E-state index in [-0.39, 0.29) is 5.84 Å². The van der Waals surface area contributed by atoms with Crippen LogP contribution in [-0.2, 0) is 4.74 Å².